The van der Waals surface area contributed by atoms with Crippen LogP contribution in [0.3, 0.4) is 0 Å². The van der Waals surface area contributed by atoms with E-state index in [2.05, 4.69) is 33.7 Å². The second-order valence-electron chi connectivity index (χ2n) is 7.75. The lowest BCUT2D eigenvalue weighted by molar-refractivity contribution is -0.118. The maximum Gasteiger partial charge on any atom is 0.263 e. The van der Waals surface area contributed by atoms with Crippen LogP contribution in [0.2, 0.25) is 0 Å². The molecule has 3 aromatic rings. The standard InChI is InChI=1S/C22H22N4O3S2/c1-15-3-2-4-19-18(15)9-12-26(19)20-10-13-25(21(20)27)16-5-7-17(8-6-16)31(28,29)24-22-23-11-14-30-22/h2-8,11,14,20H,9-10,12-13H2,1H3,(H,23,24). The number of anilines is 3. The fourth-order valence-corrected chi connectivity index (χ4v) is 6.21. The first-order valence-corrected chi connectivity index (χ1v) is 12.5. The second-order valence-corrected chi connectivity index (χ2v) is 10.3. The van der Waals surface area contributed by atoms with Crippen molar-refractivity contribution < 1.29 is 13.2 Å². The molecule has 0 aliphatic carbocycles. The highest BCUT2D eigenvalue weighted by Gasteiger charge is 2.39. The number of hydrogen-bond acceptors (Lipinski definition) is 6. The van der Waals surface area contributed by atoms with Crippen molar-refractivity contribution in [1.82, 2.24) is 4.98 Å². The molecule has 1 unspecified atom stereocenters. The third kappa shape index (κ3) is 3.57. The van der Waals surface area contributed by atoms with Gasteiger partial charge in [-0.1, -0.05) is 12.1 Å². The van der Waals surface area contributed by atoms with Crippen molar-refractivity contribution in [2.45, 2.75) is 30.7 Å². The highest BCUT2D eigenvalue weighted by atomic mass is 32.2. The molecule has 1 saturated heterocycles. The van der Waals surface area contributed by atoms with Crippen LogP contribution in [0.15, 0.2) is 58.9 Å². The maximum absolute atomic E-state index is 13.2. The Morgan fingerprint density at radius 1 is 1.13 bits per heavy atom. The van der Waals surface area contributed by atoms with Gasteiger partial charge in [0.2, 0.25) is 5.91 Å². The zero-order valence-electron chi connectivity index (χ0n) is 17.0. The molecule has 0 spiro atoms. The van der Waals surface area contributed by atoms with Crippen molar-refractivity contribution in [3.63, 3.8) is 0 Å². The normalized spacial score (nSPS) is 18.5. The van der Waals surface area contributed by atoms with Gasteiger partial charge >= 0.3 is 0 Å². The van der Waals surface area contributed by atoms with Gasteiger partial charge in [-0.15, -0.1) is 11.3 Å². The van der Waals surface area contributed by atoms with Gasteiger partial charge in [-0.2, -0.15) is 0 Å². The zero-order valence-corrected chi connectivity index (χ0v) is 18.6. The highest BCUT2D eigenvalue weighted by Crippen LogP contribution is 2.35. The molecule has 0 radical (unpaired) electrons. The fraction of sp³-hybridized carbons (Fsp3) is 0.273. The van der Waals surface area contributed by atoms with E-state index in [4.69, 9.17) is 0 Å². The number of aryl methyl sites for hydroxylation is 1. The van der Waals surface area contributed by atoms with E-state index in [0.717, 1.165) is 25.1 Å². The third-order valence-electron chi connectivity index (χ3n) is 5.96. The summed E-state index contributed by atoms with van der Waals surface area (Å²) in [5, 5.41) is 2.03. The Hall–Kier alpha value is -2.91. The number of carbonyl (C=O) groups excluding carboxylic acids is 1. The summed E-state index contributed by atoms with van der Waals surface area (Å²) >= 11 is 1.22. The van der Waals surface area contributed by atoms with Crippen LogP contribution in [-0.4, -0.2) is 38.4 Å². The molecule has 9 heteroatoms. The summed E-state index contributed by atoms with van der Waals surface area (Å²) < 4.78 is 27.5. The van der Waals surface area contributed by atoms with Crippen LogP contribution in [-0.2, 0) is 21.2 Å². The minimum Gasteiger partial charge on any atom is -0.359 e. The molecular weight excluding hydrogens is 432 g/mol. The first-order valence-electron chi connectivity index (χ1n) is 10.1. The first kappa shape index (κ1) is 20.0. The minimum atomic E-state index is -3.71. The molecule has 1 N–H and O–H groups in total. The first-order chi connectivity index (χ1) is 14.9. The molecule has 1 atom stereocenters. The lowest BCUT2D eigenvalue weighted by Gasteiger charge is -2.26. The van der Waals surface area contributed by atoms with Gasteiger partial charge in [-0.3, -0.25) is 9.52 Å². The molecule has 2 aliphatic rings. The minimum absolute atomic E-state index is 0.0610. The van der Waals surface area contributed by atoms with Crippen LogP contribution in [0.25, 0.3) is 0 Å². The number of benzene rings is 2. The lowest BCUT2D eigenvalue weighted by Crippen LogP contribution is -2.41. The molecule has 1 fully saturated rings. The Labute approximate surface area is 185 Å². The number of thiazole rings is 1. The topological polar surface area (TPSA) is 82.6 Å². The van der Waals surface area contributed by atoms with Crippen LogP contribution in [0.5, 0.6) is 0 Å². The largest absolute Gasteiger partial charge is 0.359 e. The van der Waals surface area contributed by atoms with Gasteiger partial charge in [0.1, 0.15) is 6.04 Å². The van der Waals surface area contributed by atoms with E-state index < -0.39 is 10.0 Å². The summed E-state index contributed by atoms with van der Waals surface area (Å²) in [4.78, 5) is 21.3. The Kier molecular flexibility index (Phi) is 4.94. The number of fused-ring (bicyclic) bond motifs is 1. The highest BCUT2D eigenvalue weighted by molar-refractivity contribution is 7.93. The van der Waals surface area contributed by atoms with Crippen LogP contribution in [0.4, 0.5) is 16.5 Å². The molecule has 31 heavy (non-hydrogen) atoms. The van der Waals surface area contributed by atoms with Gasteiger partial charge < -0.3 is 9.80 Å². The summed E-state index contributed by atoms with van der Waals surface area (Å²) in [5.41, 5.74) is 4.47. The number of aromatic nitrogens is 1. The van der Waals surface area contributed by atoms with Crippen molar-refractivity contribution in [3.8, 4) is 0 Å². The summed E-state index contributed by atoms with van der Waals surface area (Å²) in [7, 11) is -3.71. The predicted octanol–water partition coefficient (Wildman–Crippen LogP) is 3.42. The molecule has 0 bridgehead atoms. The van der Waals surface area contributed by atoms with E-state index in [0.29, 0.717) is 17.4 Å². The smallest absolute Gasteiger partial charge is 0.263 e. The van der Waals surface area contributed by atoms with Crippen LogP contribution < -0.4 is 14.5 Å². The van der Waals surface area contributed by atoms with Crippen molar-refractivity contribution in [2.24, 2.45) is 0 Å². The van der Waals surface area contributed by atoms with Gasteiger partial charge in [0.25, 0.3) is 10.0 Å². The molecule has 2 aliphatic heterocycles. The van der Waals surface area contributed by atoms with Crippen molar-refractivity contribution in [1.29, 1.82) is 0 Å². The van der Waals surface area contributed by atoms with E-state index in [-0.39, 0.29) is 16.8 Å². The van der Waals surface area contributed by atoms with E-state index in [1.165, 1.54) is 34.6 Å². The Morgan fingerprint density at radius 2 is 1.94 bits per heavy atom. The van der Waals surface area contributed by atoms with Crippen LogP contribution in [0, 0.1) is 6.92 Å². The number of amides is 1. The van der Waals surface area contributed by atoms with Crippen molar-refractivity contribution in [3.05, 3.63) is 65.2 Å². The Bertz CT molecular complexity index is 1220. The summed E-state index contributed by atoms with van der Waals surface area (Å²) in [6.07, 6.45) is 3.25. The summed E-state index contributed by atoms with van der Waals surface area (Å²) in [5.74, 6) is 0.0610. The van der Waals surface area contributed by atoms with Crippen LogP contribution in [0.1, 0.15) is 17.5 Å². The molecule has 3 heterocycles. The van der Waals surface area contributed by atoms with E-state index in [1.54, 1.807) is 28.6 Å². The summed E-state index contributed by atoms with van der Waals surface area (Å²) in [6, 6.07) is 12.5. The molecule has 1 amide bonds. The van der Waals surface area contributed by atoms with Crippen molar-refractivity contribution in [2.75, 3.05) is 27.6 Å². The van der Waals surface area contributed by atoms with Gasteiger partial charge in [-0.05, 0) is 61.2 Å². The zero-order chi connectivity index (χ0) is 21.6. The van der Waals surface area contributed by atoms with E-state index >= 15 is 0 Å². The van der Waals surface area contributed by atoms with Gasteiger partial charge in [0.15, 0.2) is 5.13 Å². The average Bonchev–Trinajstić information content (AvgIpc) is 3.48. The number of nitrogens with one attached hydrogen (secondary N) is 1. The van der Waals surface area contributed by atoms with E-state index in [1.807, 2.05) is 6.07 Å². The fourth-order valence-electron chi connectivity index (χ4n) is 4.42. The van der Waals surface area contributed by atoms with Gasteiger partial charge in [-0.25, -0.2) is 13.4 Å². The van der Waals surface area contributed by atoms with E-state index in [9.17, 15) is 13.2 Å². The van der Waals surface area contributed by atoms with Crippen LogP contribution >= 0.6 is 11.3 Å². The SMILES string of the molecule is Cc1cccc2c1CCN2C1CCN(c2ccc(S(=O)(=O)Nc3nccs3)cc2)C1=O. The molecule has 160 valence electrons. The monoisotopic (exact) mass is 454 g/mol. The molecule has 5 rings (SSSR count). The third-order valence-corrected chi connectivity index (χ3v) is 8.14. The lowest BCUT2D eigenvalue weighted by atomic mass is 10.1. The number of carbonyl (C=O) groups is 1. The molecular formula is C22H22N4O3S2. The van der Waals surface area contributed by atoms with Gasteiger partial charge in [0, 0.05) is 36.0 Å². The molecule has 0 saturated carbocycles. The summed E-state index contributed by atoms with van der Waals surface area (Å²) in [6.45, 7) is 3.58. The van der Waals surface area contributed by atoms with Gasteiger partial charge in [0.05, 0.1) is 4.90 Å². The molecule has 7 nitrogen and oxygen atoms in total. The van der Waals surface area contributed by atoms with Crippen molar-refractivity contribution >= 4 is 43.8 Å². The second kappa shape index (κ2) is 7.65. The maximum atomic E-state index is 13.2. The number of hydrogen-bond donors (Lipinski definition) is 1. The molecule has 2 aromatic carbocycles. The average molecular weight is 455 g/mol. The Morgan fingerprint density at radius 3 is 2.68 bits per heavy atom. The predicted molar refractivity (Wildman–Crippen MR) is 122 cm³/mol. The number of rotatable bonds is 5. The quantitative estimate of drug-likeness (QED) is 0.639. The number of sulfonamides is 1. The molecule has 1 aromatic heterocycles. The number of nitrogens with zero attached hydrogens (tertiary/aromatic N) is 3. The Balaban J connectivity index is 1.33.